The van der Waals surface area contributed by atoms with Gasteiger partial charge in [-0.15, -0.1) is 0 Å². The standard InChI is InChI=1S/C23H23NO5/c1-4-27-21(23(25)26)13-18-10-11-19(12-15(18)2)28-14-20-16(3)29-22(24-20)17-8-6-5-7-9-17/h5-13H,4,14H2,1-3H3,(H,25,26)/b21-13-. The topological polar surface area (TPSA) is 81.8 Å². The van der Waals surface area contributed by atoms with Crippen LogP contribution in [0.4, 0.5) is 0 Å². The van der Waals surface area contributed by atoms with Gasteiger partial charge in [0.05, 0.1) is 6.61 Å². The first-order valence-corrected chi connectivity index (χ1v) is 9.31. The van der Waals surface area contributed by atoms with Crippen molar-refractivity contribution >= 4 is 12.0 Å². The summed E-state index contributed by atoms with van der Waals surface area (Å²) in [5.74, 6) is 0.758. The molecule has 0 bridgehead atoms. The summed E-state index contributed by atoms with van der Waals surface area (Å²) >= 11 is 0. The Morgan fingerprint density at radius 3 is 2.59 bits per heavy atom. The van der Waals surface area contributed by atoms with Crippen molar-refractivity contribution in [1.82, 2.24) is 4.98 Å². The number of rotatable bonds is 8. The molecule has 150 valence electrons. The third kappa shape index (κ3) is 5.04. The van der Waals surface area contributed by atoms with E-state index in [1.165, 1.54) is 6.08 Å². The average Bonchev–Trinajstić information content (AvgIpc) is 3.09. The first-order valence-electron chi connectivity index (χ1n) is 9.31. The lowest BCUT2D eigenvalue weighted by atomic mass is 10.1. The van der Waals surface area contributed by atoms with E-state index in [4.69, 9.17) is 13.9 Å². The Balaban J connectivity index is 1.72. The van der Waals surface area contributed by atoms with E-state index in [-0.39, 0.29) is 12.4 Å². The number of oxazole rings is 1. The van der Waals surface area contributed by atoms with E-state index in [2.05, 4.69) is 4.98 Å². The summed E-state index contributed by atoms with van der Waals surface area (Å²) in [5.41, 5.74) is 3.28. The molecule has 3 rings (SSSR count). The summed E-state index contributed by atoms with van der Waals surface area (Å²) in [6.45, 7) is 6.06. The first kappa shape index (κ1) is 20.2. The highest BCUT2D eigenvalue weighted by molar-refractivity contribution is 5.90. The maximum absolute atomic E-state index is 11.2. The van der Waals surface area contributed by atoms with Crippen molar-refractivity contribution in [3.63, 3.8) is 0 Å². The zero-order chi connectivity index (χ0) is 20.8. The number of hydrogen-bond acceptors (Lipinski definition) is 5. The molecular weight excluding hydrogens is 370 g/mol. The number of benzene rings is 2. The fourth-order valence-electron chi connectivity index (χ4n) is 2.78. The Labute approximate surface area is 169 Å². The summed E-state index contributed by atoms with van der Waals surface area (Å²) in [4.78, 5) is 15.8. The van der Waals surface area contributed by atoms with Crippen LogP contribution in [0, 0.1) is 13.8 Å². The van der Waals surface area contributed by atoms with E-state index < -0.39 is 5.97 Å². The molecule has 3 aromatic rings. The summed E-state index contributed by atoms with van der Waals surface area (Å²) in [6, 6.07) is 15.1. The number of carboxylic acids is 1. The zero-order valence-corrected chi connectivity index (χ0v) is 16.6. The van der Waals surface area contributed by atoms with Gasteiger partial charge in [-0.3, -0.25) is 0 Å². The summed E-state index contributed by atoms with van der Waals surface area (Å²) in [6.07, 6.45) is 1.51. The van der Waals surface area contributed by atoms with E-state index in [0.29, 0.717) is 24.0 Å². The van der Waals surface area contributed by atoms with Crippen LogP contribution in [0.1, 0.15) is 29.5 Å². The highest BCUT2D eigenvalue weighted by atomic mass is 16.5. The fourth-order valence-corrected chi connectivity index (χ4v) is 2.78. The molecule has 6 heteroatoms. The lowest BCUT2D eigenvalue weighted by Crippen LogP contribution is -2.05. The Hall–Kier alpha value is -3.54. The van der Waals surface area contributed by atoms with Crippen LogP contribution in [-0.4, -0.2) is 22.7 Å². The van der Waals surface area contributed by atoms with Crippen molar-refractivity contribution < 1.29 is 23.8 Å². The lowest BCUT2D eigenvalue weighted by molar-refractivity contribution is -0.136. The van der Waals surface area contributed by atoms with Gasteiger partial charge in [-0.25, -0.2) is 9.78 Å². The number of carbonyl (C=O) groups is 1. The quantitative estimate of drug-likeness (QED) is 0.428. The molecule has 0 radical (unpaired) electrons. The van der Waals surface area contributed by atoms with Gasteiger partial charge in [0.15, 0.2) is 0 Å². The minimum Gasteiger partial charge on any atom is -0.487 e. The minimum atomic E-state index is -1.10. The van der Waals surface area contributed by atoms with Crippen molar-refractivity contribution in [2.45, 2.75) is 27.4 Å². The molecule has 0 unspecified atom stereocenters. The average molecular weight is 393 g/mol. The minimum absolute atomic E-state index is 0.0871. The molecule has 0 saturated heterocycles. The van der Waals surface area contributed by atoms with Crippen molar-refractivity contribution in [3.8, 4) is 17.2 Å². The second-order valence-electron chi connectivity index (χ2n) is 6.44. The number of aromatic nitrogens is 1. The Kier molecular flexibility index (Phi) is 6.34. The molecular formula is C23H23NO5. The second-order valence-corrected chi connectivity index (χ2v) is 6.44. The number of nitrogens with zero attached hydrogens (tertiary/aromatic N) is 1. The van der Waals surface area contributed by atoms with Crippen LogP contribution in [0.15, 0.2) is 58.7 Å². The number of aliphatic carboxylic acids is 1. The van der Waals surface area contributed by atoms with Crippen LogP contribution in [0.5, 0.6) is 5.75 Å². The number of hydrogen-bond donors (Lipinski definition) is 1. The predicted molar refractivity (Wildman–Crippen MR) is 109 cm³/mol. The Morgan fingerprint density at radius 2 is 1.93 bits per heavy atom. The van der Waals surface area contributed by atoms with Gasteiger partial charge in [-0.2, -0.15) is 0 Å². The third-order valence-corrected chi connectivity index (χ3v) is 4.33. The smallest absolute Gasteiger partial charge is 0.371 e. The molecule has 29 heavy (non-hydrogen) atoms. The molecule has 0 amide bonds. The van der Waals surface area contributed by atoms with Crippen molar-refractivity contribution in [3.05, 3.63) is 76.9 Å². The van der Waals surface area contributed by atoms with Crippen LogP contribution < -0.4 is 4.74 Å². The van der Waals surface area contributed by atoms with E-state index >= 15 is 0 Å². The van der Waals surface area contributed by atoms with E-state index in [1.54, 1.807) is 19.1 Å². The number of ether oxygens (including phenoxy) is 2. The molecule has 1 N–H and O–H groups in total. The molecule has 0 aliphatic rings. The second kappa shape index (κ2) is 9.10. The molecule has 0 atom stereocenters. The molecule has 0 saturated carbocycles. The molecule has 0 spiro atoms. The van der Waals surface area contributed by atoms with E-state index in [1.807, 2.05) is 50.2 Å². The van der Waals surface area contributed by atoms with Gasteiger partial charge in [0.1, 0.15) is 23.8 Å². The lowest BCUT2D eigenvalue weighted by Gasteiger charge is -2.09. The van der Waals surface area contributed by atoms with E-state index in [0.717, 1.165) is 22.4 Å². The Bertz CT molecular complexity index is 1020. The molecule has 1 aromatic heterocycles. The monoisotopic (exact) mass is 393 g/mol. The summed E-state index contributed by atoms with van der Waals surface area (Å²) < 4.78 is 16.8. The van der Waals surface area contributed by atoms with Gasteiger partial charge in [-0.1, -0.05) is 24.3 Å². The molecule has 6 nitrogen and oxygen atoms in total. The van der Waals surface area contributed by atoms with Gasteiger partial charge in [-0.05, 0) is 62.2 Å². The highest BCUT2D eigenvalue weighted by Crippen LogP contribution is 2.24. The van der Waals surface area contributed by atoms with Crippen LogP contribution in [0.2, 0.25) is 0 Å². The largest absolute Gasteiger partial charge is 0.487 e. The first-order chi connectivity index (χ1) is 14.0. The van der Waals surface area contributed by atoms with Crippen molar-refractivity contribution in [2.24, 2.45) is 0 Å². The fraction of sp³-hybridized carbons (Fsp3) is 0.217. The molecule has 0 aliphatic carbocycles. The summed E-state index contributed by atoms with van der Waals surface area (Å²) in [7, 11) is 0. The van der Waals surface area contributed by atoms with Crippen LogP contribution in [0.3, 0.4) is 0 Å². The normalized spacial score (nSPS) is 11.3. The van der Waals surface area contributed by atoms with Crippen molar-refractivity contribution in [1.29, 1.82) is 0 Å². The van der Waals surface area contributed by atoms with Crippen LogP contribution >= 0.6 is 0 Å². The van der Waals surface area contributed by atoms with E-state index in [9.17, 15) is 9.90 Å². The zero-order valence-electron chi connectivity index (χ0n) is 16.6. The molecule has 0 fully saturated rings. The SMILES string of the molecule is CCO/C(=C\c1ccc(OCc2nc(-c3ccccc3)oc2C)cc1C)C(=O)O. The van der Waals surface area contributed by atoms with Crippen molar-refractivity contribution in [2.75, 3.05) is 6.61 Å². The van der Waals surface area contributed by atoms with Gasteiger partial charge in [0.2, 0.25) is 11.6 Å². The highest BCUT2D eigenvalue weighted by Gasteiger charge is 2.13. The Morgan fingerprint density at radius 1 is 1.17 bits per heavy atom. The molecule has 1 heterocycles. The van der Waals surface area contributed by atoms with Gasteiger partial charge in [0, 0.05) is 5.56 Å². The van der Waals surface area contributed by atoms with Gasteiger partial charge >= 0.3 is 5.97 Å². The maximum atomic E-state index is 11.2. The van der Waals surface area contributed by atoms with Crippen LogP contribution in [0.25, 0.3) is 17.5 Å². The third-order valence-electron chi connectivity index (χ3n) is 4.33. The van der Waals surface area contributed by atoms with Gasteiger partial charge in [0.25, 0.3) is 0 Å². The maximum Gasteiger partial charge on any atom is 0.371 e. The number of aryl methyl sites for hydroxylation is 2. The number of carboxylic acid groups (broad SMARTS) is 1. The van der Waals surface area contributed by atoms with Gasteiger partial charge < -0.3 is 19.0 Å². The molecule has 0 aliphatic heterocycles. The summed E-state index contributed by atoms with van der Waals surface area (Å²) in [5, 5.41) is 9.20. The molecule has 2 aromatic carbocycles. The van der Waals surface area contributed by atoms with Crippen LogP contribution in [-0.2, 0) is 16.1 Å². The predicted octanol–water partition coefficient (Wildman–Crippen LogP) is 5.00.